The van der Waals surface area contributed by atoms with E-state index in [4.69, 9.17) is 14.2 Å². The Bertz CT molecular complexity index is 965. The van der Waals surface area contributed by atoms with Gasteiger partial charge >= 0.3 is 5.97 Å². The summed E-state index contributed by atoms with van der Waals surface area (Å²) in [4.78, 5) is 38.0. The molecule has 3 rings (SSSR count). The monoisotopic (exact) mass is 381 g/mol. The summed E-state index contributed by atoms with van der Waals surface area (Å²) in [6, 6.07) is 9.51. The number of ether oxygens (including phenoxy) is 3. The van der Waals surface area contributed by atoms with E-state index in [2.05, 4.69) is 6.58 Å². The number of amides is 2. The molecule has 1 aliphatic rings. The number of rotatable bonds is 7. The molecule has 1 heterocycles. The average molecular weight is 381 g/mol. The number of esters is 1. The number of fused-ring (bicyclic) bond motifs is 1. The van der Waals surface area contributed by atoms with E-state index in [1.54, 1.807) is 18.2 Å². The van der Waals surface area contributed by atoms with Crippen LogP contribution >= 0.6 is 0 Å². The molecule has 7 nitrogen and oxygen atoms in total. The van der Waals surface area contributed by atoms with Crippen LogP contribution in [0.4, 0.5) is 0 Å². The lowest BCUT2D eigenvalue weighted by atomic mass is 10.1. The van der Waals surface area contributed by atoms with Crippen molar-refractivity contribution in [3.8, 4) is 11.5 Å². The van der Waals surface area contributed by atoms with Gasteiger partial charge in [0, 0.05) is 6.54 Å². The van der Waals surface area contributed by atoms with Crippen LogP contribution in [0.1, 0.15) is 36.6 Å². The Hall–Kier alpha value is -3.61. The van der Waals surface area contributed by atoms with Crippen LogP contribution in [0.25, 0.3) is 0 Å². The van der Waals surface area contributed by atoms with Gasteiger partial charge in [-0.2, -0.15) is 0 Å². The first-order valence-corrected chi connectivity index (χ1v) is 8.49. The number of hydrogen-bond donors (Lipinski definition) is 0. The molecule has 2 aromatic rings. The maximum atomic E-state index is 12.4. The molecule has 28 heavy (non-hydrogen) atoms. The van der Waals surface area contributed by atoms with Crippen molar-refractivity contribution in [2.45, 2.75) is 6.61 Å². The zero-order valence-electron chi connectivity index (χ0n) is 15.6. The quantitative estimate of drug-likeness (QED) is 0.417. The lowest BCUT2D eigenvalue weighted by Gasteiger charge is -2.10. The Balaban J connectivity index is 1.74. The van der Waals surface area contributed by atoms with Gasteiger partial charge in [-0.1, -0.05) is 12.1 Å². The minimum absolute atomic E-state index is 0.0196. The summed E-state index contributed by atoms with van der Waals surface area (Å²) >= 11 is 0. The highest BCUT2D eigenvalue weighted by molar-refractivity contribution is 6.22. The van der Waals surface area contributed by atoms with Crippen molar-refractivity contribution in [2.75, 3.05) is 20.8 Å². The fourth-order valence-corrected chi connectivity index (χ4v) is 2.92. The maximum absolute atomic E-state index is 12.4. The van der Waals surface area contributed by atoms with Crippen LogP contribution in [-0.4, -0.2) is 43.4 Å². The summed E-state index contributed by atoms with van der Waals surface area (Å²) in [5.41, 5.74) is 1.37. The summed E-state index contributed by atoms with van der Waals surface area (Å²) in [6.07, 6.45) is 1.47. The number of carbonyl (C=O) groups excluding carboxylic acids is 3. The topological polar surface area (TPSA) is 82.1 Å². The number of benzene rings is 2. The second-order valence-electron chi connectivity index (χ2n) is 6.04. The number of imide groups is 1. The van der Waals surface area contributed by atoms with E-state index in [-0.39, 0.29) is 29.8 Å². The predicted molar refractivity (Wildman–Crippen MR) is 101 cm³/mol. The van der Waals surface area contributed by atoms with E-state index in [0.717, 1.165) is 10.5 Å². The molecule has 144 valence electrons. The molecule has 7 heteroatoms. The fraction of sp³-hybridized carbons (Fsp3) is 0.190. The largest absolute Gasteiger partial charge is 0.493 e. The van der Waals surface area contributed by atoms with Crippen LogP contribution < -0.4 is 9.47 Å². The Kier molecular flexibility index (Phi) is 5.44. The summed E-state index contributed by atoms with van der Waals surface area (Å²) in [5, 5.41) is 0. The van der Waals surface area contributed by atoms with Gasteiger partial charge in [0.25, 0.3) is 11.8 Å². The number of methoxy groups -OCH3 is 2. The molecule has 0 saturated carbocycles. The van der Waals surface area contributed by atoms with Crippen molar-refractivity contribution in [3.05, 3.63) is 71.3 Å². The lowest BCUT2D eigenvalue weighted by Crippen LogP contribution is -2.29. The van der Waals surface area contributed by atoms with Crippen molar-refractivity contribution in [1.82, 2.24) is 4.90 Å². The van der Waals surface area contributed by atoms with Crippen LogP contribution in [0.3, 0.4) is 0 Å². The van der Waals surface area contributed by atoms with E-state index in [1.165, 1.54) is 38.5 Å². The van der Waals surface area contributed by atoms with Gasteiger partial charge in [0.1, 0.15) is 6.61 Å². The Morgan fingerprint density at radius 2 is 1.71 bits per heavy atom. The van der Waals surface area contributed by atoms with E-state index in [9.17, 15) is 14.4 Å². The zero-order chi connectivity index (χ0) is 20.3. The standard InChI is InChI=1S/C21H19NO6/c1-4-9-22-19(23)15-7-6-14(11-16(15)20(22)24)21(25)28-12-13-5-8-17(26-2)18(10-13)27-3/h4-8,10-11H,1,9,12H2,2-3H3. The van der Waals surface area contributed by atoms with Crippen LogP contribution in [0, 0.1) is 0 Å². The van der Waals surface area contributed by atoms with Gasteiger partial charge in [-0.15, -0.1) is 6.58 Å². The van der Waals surface area contributed by atoms with E-state index < -0.39 is 17.8 Å². The van der Waals surface area contributed by atoms with Crippen LogP contribution in [-0.2, 0) is 11.3 Å². The molecule has 0 bridgehead atoms. The lowest BCUT2D eigenvalue weighted by molar-refractivity contribution is 0.0472. The molecule has 2 amide bonds. The molecule has 0 atom stereocenters. The van der Waals surface area contributed by atoms with E-state index in [1.807, 2.05) is 0 Å². The summed E-state index contributed by atoms with van der Waals surface area (Å²) < 4.78 is 15.7. The summed E-state index contributed by atoms with van der Waals surface area (Å²) in [7, 11) is 3.06. The third kappa shape index (κ3) is 3.46. The van der Waals surface area contributed by atoms with Gasteiger partial charge in [-0.05, 0) is 35.9 Å². The molecule has 2 aromatic carbocycles. The van der Waals surface area contributed by atoms with Gasteiger partial charge in [-0.3, -0.25) is 14.5 Å². The average Bonchev–Trinajstić information content (AvgIpc) is 2.96. The van der Waals surface area contributed by atoms with Gasteiger partial charge in [0.15, 0.2) is 11.5 Å². The molecule has 0 saturated heterocycles. The van der Waals surface area contributed by atoms with Gasteiger partial charge in [0.05, 0.1) is 30.9 Å². The van der Waals surface area contributed by atoms with Crippen molar-refractivity contribution in [1.29, 1.82) is 0 Å². The highest BCUT2D eigenvalue weighted by Gasteiger charge is 2.35. The van der Waals surface area contributed by atoms with Crippen molar-refractivity contribution in [3.63, 3.8) is 0 Å². The Morgan fingerprint density at radius 1 is 1.00 bits per heavy atom. The highest BCUT2D eigenvalue weighted by atomic mass is 16.5. The number of nitrogens with zero attached hydrogens (tertiary/aromatic N) is 1. The molecule has 0 aromatic heterocycles. The highest BCUT2D eigenvalue weighted by Crippen LogP contribution is 2.28. The first kappa shape index (κ1) is 19.2. The first-order chi connectivity index (χ1) is 13.5. The third-order valence-corrected chi connectivity index (χ3v) is 4.34. The van der Waals surface area contributed by atoms with Crippen LogP contribution in [0.2, 0.25) is 0 Å². The molecule has 1 aliphatic heterocycles. The van der Waals surface area contributed by atoms with Crippen molar-refractivity contribution in [2.24, 2.45) is 0 Å². The Labute approximate surface area is 162 Å². The molecule has 0 fully saturated rings. The summed E-state index contributed by atoms with van der Waals surface area (Å²) in [6.45, 7) is 3.68. The number of hydrogen-bond acceptors (Lipinski definition) is 6. The molecule has 0 aliphatic carbocycles. The normalized spacial score (nSPS) is 12.6. The predicted octanol–water partition coefficient (Wildman–Crippen LogP) is 2.84. The fourth-order valence-electron chi connectivity index (χ4n) is 2.92. The molecular weight excluding hydrogens is 362 g/mol. The second-order valence-corrected chi connectivity index (χ2v) is 6.04. The van der Waals surface area contributed by atoms with Gasteiger partial charge < -0.3 is 14.2 Å². The zero-order valence-corrected chi connectivity index (χ0v) is 15.6. The maximum Gasteiger partial charge on any atom is 0.338 e. The Morgan fingerprint density at radius 3 is 2.39 bits per heavy atom. The smallest absolute Gasteiger partial charge is 0.338 e. The van der Waals surface area contributed by atoms with Crippen LogP contribution in [0.5, 0.6) is 11.5 Å². The third-order valence-electron chi connectivity index (χ3n) is 4.34. The first-order valence-electron chi connectivity index (χ1n) is 8.49. The van der Waals surface area contributed by atoms with E-state index >= 15 is 0 Å². The molecular formula is C21H19NO6. The van der Waals surface area contributed by atoms with Crippen LogP contribution in [0.15, 0.2) is 49.1 Å². The SMILES string of the molecule is C=CCN1C(=O)c2ccc(C(=O)OCc3ccc(OC)c(OC)c3)cc2C1=O. The van der Waals surface area contributed by atoms with E-state index in [0.29, 0.717) is 11.5 Å². The minimum Gasteiger partial charge on any atom is -0.493 e. The molecule has 0 radical (unpaired) electrons. The van der Waals surface area contributed by atoms with Crippen molar-refractivity contribution >= 4 is 17.8 Å². The number of carbonyl (C=O) groups is 3. The van der Waals surface area contributed by atoms with Gasteiger partial charge in [-0.25, -0.2) is 4.79 Å². The molecule has 0 unspecified atom stereocenters. The molecule has 0 N–H and O–H groups in total. The minimum atomic E-state index is -0.597. The van der Waals surface area contributed by atoms with Crippen molar-refractivity contribution < 1.29 is 28.6 Å². The summed E-state index contributed by atoms with van der Waals surface area (Å²) in [5.74, 6) is -0.344. The molecule has 0 spiro atoms. The van der Waals surface area contributed by atoms with Gasteiger partial charge in [0.2, 0.25) is 0 Å². The second kappa shape index (κ2) is 7.96.